The molecule has 2 rings (SSSR count). The molecule has 1 aromatic rings. The Kier molecular flexibility index (Phi) is 3.95. The number of aliphatic hydroxyl groups excluding tert-OH is 1. The molecule has 2 nitrogen and oxygen atoms in total. The van der Waals surface area contributed by atoms with E-state index in [1.165, 1.54) is 0 Å². The molecule has 1 aromatic carbocycles. The molecule has 4 heteroatoms. The maximum atomic E-state index is 9.85. The molecule has 88 valence electrons. The van der Waals surface area contributed by atoms with Crippen LogP contribution in [0.1, 0.15) is 25.7 Å². The summed E-state index contributed by atoms with van der Waals surface area (Å²) in [4.78, 5) is 0. The Morgan fingerprint density at radius 2 is 1.94 bits per heavy atom. The summed E-state index contributed by atoms with van der Waals surface area (Å²) >= 11 is 12.0. The average Bonchev–Trinajstić information content (AvgIpc) is 2.28. The van der Waals surface area contributed by atoms with E-state index in [0.29, 0.717) is 10.0 Å². The lowest BCUT2D eigenvalue weighted by molar-refractivity contribution is 0.116. The highest BCUT2D eigenvalue weighted by Gasteiger charge is 2.23. The van der Waals surface area contributed by atoms with Gasteiger partial charge in [0.1, 0.15) is 0 Å². The highest BCUT2D eigenvalue weighted by Crippen LogP contribution is 2.31. The predicted molar refractivity (Wildman–Crippen MR) is 68.3 cm³/mol. The van der Waals surface area contributed by atoms with Crippen LogP contribution in [0.5, 0.6) is 0 Å². The Morgan fingerprint density at radius 3 is 2.69 bits per heavy atom. The Labute approximate surface area is 106 Å². The maximum absolute atomic E-state index is 9.85. The molecule has 16 heavy (non-hydrogen) atoms. The molecular weight excluding hydrogens is 245 g/mol. The molecule has 1 aliphatic rings. The van der Waals surface area contributed by atoms with E-state index >= 15 is 0 Å². The van der Waals surface area contributed by atoms with Crippen LogP contribution in [0.4, 0.5) is 5.69 Å². The second-order valence-electron chi connectivity index (χ2n) is 4.20. The molecule has 0 heterocycles. The maximum Gasteiger partial charge on any atom is 0.0823 e. The number of benzene rings is 1. The summed E-state index contributed by atoms with van der Waals surface area (Å²) in [5.41, 5.74) is 0.806. The van der Waals surface area contributed by atoms with Gasteiger partial charge >= 0.3 is 0 Å². The lowest BCUT2D eigenvalue weighted by Crippen LogP contribution is -2.36. The number of hydrogen-bond donors (Lipinski definition) is 2. The third-order valence-corrected chi connectivity index (χ3v) is 3.84. The second kappa shape index (κ2) is 5.26. The van der Waals surface area contributed by atoms with Crippen molar-refractivity contribution in [3.63, 3.8) is 0 Å². The van der Waals surface area contributed by atoms with Crippen molar-refractivity contribution >= 4 is 28.9 Å². The van der Waals surface area contributed by atoms with Crippen molar-refractivity contribution in [3.05, 3.63) is 28.2 Å². The SMILES string of the molecule is O[C@@H]1CCCC[C@H]1Nc1cccc(Cl)c1Cl. The second-order valence-corrected chi connectivity index (χ2v) is 4.99. The molecule has 1 saturated carbocycles. The fourth-order valence-corrected chi connectivity index (χ4v) is 2.45. The zero-order chi connectivity index (χ0) is 11.5. The van der Waals surface area contributed by atoms with Crippen LogP contribution in [0.15, 0.2) is 18.2 Å². The molecule has 0 spiro atoms. The van der Waals surface area contributed by atoms with E-state index < -0.39 is 0 Å². The first-order valence-corrected chi connectivity index (χ1v) is 6.32. The Hall–Kier alpha value is -0.440. The molecule has 0 radical (unpaired) electrons. The summed E-state index contributed by atoms with van der Waals surface area (Å²) in [7, 11) is 0. The summed E-state index contributed by atoms with van der Waals surface area (Å²) in [5, 5.41) is 14.2. The molecule has 0 unspecified atom stereocenters. The van der Waals surface area contributed by atoms with Crippen molar-refractivity contribution in [2.75, 3.05) is 5.32 Å². The molecule has 0 aromatic heterocycles. The molecule has 0 amide bonds. The average molecular weight is 260 g/mol. The third-order valence-electron chi connectivity index (χ3n) is 3.02. The normalized spacial score (nSPS) is 25.4. The minimum Gasteiger partial charge on any atom is -0.391 e. The number of anilines is 1. The van der Waals surface area contributed by atoms with Gasteiger partial charge in [-0.3, -0.25) is 0 Å². The van der Waals surface area contributed by atoms with Gasteiger partial charge in [0.25, 0.3) is 0 Å². The van der Waals surface area contributed by atoms with E-state index in [1.54, 1.807) is 6.07 Å². The molecular formula is C12H15Cl2NO. The van der Waals surface area contributed by atoms with Crippen LogP contribution in [-0.2, 0) is 0 Å². The molecule has 1 aliphatic carbocycles. The molecule has 1 fully saturated rings. The van der Waals surface area contributed by atoms with Gasteiger partial charge in [-0.1, -0.05) is 42.1 Å². The van der Waals surface area contributed by atoms with Crippen LogP contribution in [0.3, 0.4) is 0 Å². The summed E-state index contributed by atoms with van der Waals surface area (Å²) in [5.74, 6) is 0. The first-order chi connectivity index (χ1) is 7.68. The van der Waals surface area contributed by atoms with Crippen molar-refractivity contribution < 1.29 is 5.11 Å². The standard InChI is InChI=1S/C12H15Cl2NO/c13-8-4-3-6-10(12(8)14)15-9-5-1-2-7-11(9)16/h3-4,6,9,11,15-16H,1-2,5,7H2/t9-,11-/m1/s1. The number of halogens is 2. The molecule has 2 atom stereocenters. The van der Waals surface area contributed by atoms with E-state index in [4.69, 9.17) is 23.2 Å². The van der Waals surface area contributed by atoms with Gasteiger partial charge in [-0.05, 0) is 25.0 Å². The largest absolute Gasteiger partial charge is 0.391 e. The van der Waals surface area contributed by atoms with E-state index in [2.05, 4.69) is 5.32 Å². The van der Waals surface area contributed by atoms with E-state index in [0.717, 1.165) is 31.4 Å². The van der Waals surface area contributed by atoms with Gasteiger partial charge in [-0.2, -0.15) is 0 Å². The Bertz CT molecular complexity index is 370. The summed E-state index contributed by atoms with van der Waals surface area (Å²) in [6, 6.07) is 5.58. The molecule has 0 bridgehead atoms. The van der Waals surface area contributed by atoms with Crippen LogP contribution in [0, 0.1) is 0 Å². The minimum atomic E-state index is -0.288. The highest BCUT2D eigenvalue weighted by atomic mass is 35.5. The van der Waals surface area contributed by atoms with Crippen LogP contribution < -0.4 is 5.32 Å². The van der Waals surface area contributed by atoms with Gasteiger partial charge in [0, 0.05) is 0 Å². The number of aliphatic hydroxyl groups is 1. The smallest absolute Gasteiger partial charge is 0.0823 e. The fraction of sp³-hybridized carbons (Fsp3) is 0.500. The van der Waals surface area contributed by atoms with Gasteiger partial charge in [-0.15, -0.1) is 0 Å². The van der Waals surface area contributed by atoms with Crippen molar-refractivity contribution in [3.8, 4) is 0 Å². The predicted octanol–water partition coefficient (Wildman–Crippen LogP) is 3.71. The van der Waals surface area contributed by atoms with Crippen LogP contribution >= 0.6 is 23.2 Å². The van der Waals surface area contributed by atoms with Crippen LogP contribution in [0.25, 0.3) is 0 Å². The van der Waals surface area contributed by atoms with E-state index in [1.807, 2.05) is 12.1 Å². The van der Waals surface area contributed by atoms with Crippen molar-refractivity contribution in [1.82, 2.24) is 0 Å². The van der Waals surface area contributed by atoms with Gasteiger partial charge in [0.05, 0.1) is 27.9 Å². The van der Waals surface area contributed by atoms with Crippen molar-refractivity contribution in [2.45, 2.75) is 37.8 Å². The molecule has 0 saturated heterocycles. The lowest BCUT2D eigenvalue weighted by atomic mass is 9.92. The summed E-state index contributed by atoms with van der Waals surface area (Å²) in [6.45, 7) is 0. The number of hydrogen-bond acceptors (Lipinski definition) is 2. The van der Waals surface area contributed by atoms with Gasteiger partial charge < -0.3 is 10.4 Å². The van der Waals surface area contributed by atoms with Crippen LogP contribution in [0.2, 0.25) is 10.0 Å². The number of nitrogens with one attached hydrogen (secondary N) is 1. The van der Waals surface area contributed by atoms with Crippen LogP contribution in [-0.4, -0.2) is 17.3 Å². The van der Waals surface area contributed by atoms with Crippen molar-refractivity contribution in [2.24, 2.45) is 0 Å². The minimum absolute atomic E-state index is 0.0877. The van der Waals surface area contributed by atoms with E-state index in [9.17, 15) is 5.11 Å². The van der Waals surface area contributed by atoms with Gasteiger partial charge in [-0.25, -0.2) is 0 Å². The summed E-state index contributed by atoms with van der Waals surface area (Å²) < 4.78 is 0. The third kappa shape index (κ3) is 2.62. The quantitative estimate of drug-likeness (QED) is 0.849. The zero-order valence-corrected chi connectivity index (χ0v) is 10.4. The van der Waals surface area contributed by atoms with Gasteiger partial charge in [0.15, 0.2) is 0 Å². The molecule has 2 N–H and O–H groups in total. The first kappa shape index (κ1) is 12.0. The first-order valence-electron chi connectivity index (χ1n) is 5.57. The summed E-state index contributed by atoms with van der Waals surface area (Å²) in [6.07, 6.45) is 3.79. The fourth-order valence-electron chi connectivity index (χ4n) is 2.09. The van der Waals surface area contributed by atoms with E-state index in [-0.39, 0.29) is 12.1 Å². The Balaban J connectivity index is 2.10. The monoisotopic (exact) mass is 259 g/mol. The topological polar surface area (TPSA) is 32.3 Å². The highest BCUT2D eigenvalue weighted by molar-refractivity contribution is 6.43. The van der Waals surface area contributed by atoms with Crippen molar-refractivity contribution in [1.29, 1.82) is 0 Å². The number of rotatable bonds is 2. The molecule has 0 aliphatic heterocycles. The van der Waals surface area contributed by atoms with Gasteiger partial charge in [0.2, 0.25) is 0 Å². The lowest BCUT2D eigenvalue weighted by Gasteiger charge is -2.29. The zero-order valence-electron chi connectivity index (χ0n) is 8.92. The Morgan fingerprint density at radius 1 is 1.19 bits per heavy atom.